The average Bonchev–Trinajstić information content (AvgIpc) is 2.14. The molecule has 0 aromatic heterocycles. The average molecular weight is 297 g/mol. The molecular weight excluding hydrogens is 268 g/mol. The summed E-state index contributed by atoms with van der Waals surface area (Å²) in [6, 6.07) is 8.95. The normalized spacial score (nSPS) is 13.6. The molecule has 0 bridgehead atoms. The zero-order valence-corrected chi connectivity index (χ0v) is 16.2. The van der Waals surface area contributed by atoms with Crippen molar-refractivity contribution in [2.45, 2.75) is 52.4 Å². The summed E-state index contributed by atoms with van der Waals surface area (Å²) in [7, 11) is -3.83. The van der Waals surface area contributed by atoms with Crippen LogP contribution in [-0.2, 0) is 0 Å². The Bertz CT molecular complexity index is 397. The number of benzene rings is 1. The molecule has 0 heterocycles. The van der Waals surface area contributed by atoms with Crippen LogP contribution in [0.3, 0.4) is 0 Å². The minimum atomic E-state index is -1.48. The smallest absolute Gasteiger partial charge is 0.242 e. The van der Waals surface area contributed by atoms with Crippen molar-refractivity contribution >= 4 is 28.7 Å². The summed E-state index contributed by atoms with van der Waals surface area (Å²) in [5, 5.41) is 1.57. The van der Waals surface area contributed by atoms with Crippen LogP contribution >= 0.6 is 0 Å². The highest BCUT2D eigenvalue weighted by molar-refractivity contribution is 7.45. The minimum absolute atomic E-state index is 1.04. The molecule has 0 N–H and O–H groups in total. The van der Waals surface area contributed by atoms with E-state index in [2.05, 4.69) is 76.6 Å². The molecule has 0 unspecified atom stereocenters. The maximum Gasteiger partial charge on any atom is 0.242 e. The second kappa shape index (κ2) is 4.98. The molecule has 1 rings (SSSR count). The predicted molar refractivity (Wildman–Crippen MR) is 90.9 cm³/mol. The van der Waals surface area contributed by atoms with E-state index < -0.39 is 23.5 Å². The van der Waals surface area contributed by atoms with Crippen molar-refractivity contribution in [2.75, 3.05) is 0 Å². The molecule has 0 aliphatic rings. The molecule has 18 heavy (non-hydrogen) atoms. The summed E-state index contributed by atoms with van der Waals surface area (Å²) in [4.78, 5) is 0. The van der Waals surface area contributed by atoms with Gasteiger partial charge in [-0.05, 0) is 31.8 Å². The van der Waals surface area contributed by atoms with Gasteiger partial charge in [0.05, 0.1) is 7.59 Å². The largest absolute Gasteiger partial charge is 0.544 e. The van der Waals surface area contributed by atoms with Gasteiger partial charge in [0.2, 0.25) is 8.32 Å². The lowest BCUT2D eigenvalue weighted by molar-refractivity contribution is 0.558. The Hall–Kier alpha value is -0.329. The van der Waals surface area contributed by atoms with Crippen LogP contribution in [0.4, 0.5) is 0 Å². The Kier molecular flexibility index (Phi) is 4.35. The lowest BCUT2D eigenvalue weighted by Crippen LogP contribution is -2.61. The van der Waals surface area contributed by atoms with E-state index in [0.717, 1.165) is 5.75 Å². The van der Waals surface area contributed by atoms with Crippen LogP contribution in [0.15, 0.2) is 24.3 Å². The number of rotatable bonds is 4. The maximum absolute atomic E-state index is 6.02. The molecule has 0 atom stereocenters. The summed E-state index contributed by atoms with van der Waals surface area (Å²) >= 11 is 0. The van der Waals surface area contributed by atoms with Crippen LogP contribution in [0.5, 0.6) is 5.75 Å². The van der Waals surface area contributed by atoms with Crippen LogP contribution < -0.4 is 9.61 Å². The second-order valence-corrected chi connectivity index (χ2v) is 28.6. The van der Waals surface area contributed by atoms with Gasteiger partial charge in [0, 0.05) is 7.59 Å². The lowest BCUT2D eigenvalue weighted by Gasteiger charge is -2.36. The van der Waals surface area contributed by atoms with E-state index in [-0.39, 0.29) is 0 Å². The van der Waals surface area contributed by atoms with Gasteiger partial charge in [-0.2, -0.15) is 0 Å². The van der Waals surface area contributed by atoms with Crippen molar-refractivity contribution < 1.29 is 4.43 Å². The fourth-order valence-corrected chi connectivity index (χ4v) is 7.53. The van der Waals surface area contributed by atoms with Gasteiger partial charge in [0.1, 0.15) is 5.75 Å². The SMILES string of the molecule is C[Si](C)(C)Oc1ccc([Si](C)(C)[Si](C)(C)C)cc1. The summed E-state index contributed by atoms with van der Waals surface area (Å²) in [6.07, 6.45) is 0. The first-order chi connectivity index (χ1) is 7.93. The summed E-state index contributed by atoms with van der Waals surface area (Å²) in [5.74, 6) is 1.04. The Labute approximate surface area is 116 Å². The van der Waals surface area contributed by atoms with Crippen molar-refractivity contribution in [3.05, 3.63) is 24.3 Å². The molecule has 0 radical (unpaired) electrons. The predicted octanol–water partition coefficient (Wildman–Crippen LogP) is 4.23. The first-order valence-corrected chi connectivity index (χ1v) is 17.6. The first-order valence-electron chi connectivity index (χ1n) is 6.73. The van der Waals surface area contributed by atoms with Crippen LogP contribution in [0.1, 0.15) is 0 Å². The highest BCUT2D eigenvalue weighted by Gasteiger charge is 2.38. The van der Waals surface area contributed by atoms with Crippen molar-refractivity contribution in [2.24, 2.45) is 0 Å². The summed E-state index contributed by atoms with van der Waals surface area (Å²) in [6.45, 7) is 19.2. The molecule has 1 aromatic rings. The fourth-order valence-electron chi connectivity index (χ4n) is 1.73. The van der Waals surface area contributed by atoms with Gasteiger partial charge < -0.3 is 4.43 Å². The van der Waals surface area contributed by atoms with E-state index in [0.29, 0.717) is 0 Å². The molecular formula is C14H28OSi3. The van der Waals surface area contributed by atoms with E-state index in [4.69, 9.17) is 4.43 Å². The lowest BCUT2D eigenvalue weighted by atomic mass is 10.3. The fraction of sp³-hybridized carbons (Fsp3) is 0.571. The van der Waals surface area contributed by atoms with Gasteiger partial charge in [0.25, 0.3) is 0 Å². The molecule has 4 heteroatoms. The molecule has 0 saturated carbocycles. The van der Waals surface area contributed by atoms with Crippen molar-refractivity contribution in [1.29, 1.82) is 0 Å². The molecule has 0 spiro atoms. The Balaban J connectivity index is 2.97. The van der Waals surface area contributed by atoms with Crippen LogP contribution in [0.2, 0.25) is 52.4 Å². The third-order valence-electron chi connectivity index (χ3n) is 3.88. The Morgan fingerprint density at radius 2 is 1.17 bits per heavy atom. The molecule has 1 nitrogen and oxygen atoms in total. The Morgan fingerprint density at radius 3 is 1.50 bits per heavy atom. The van der Waals surface area contributed by atoms with Gasteiger partial charge >= 0.3 is 0 Å². The van der Waals surface area contributed by atoms with Crippen LogP contribution in [0.25, 0.3) is 0 Å². The zero-order chi connectivity index (χ0) is 14.2. The number of hydrogen-bond acceptors (Lipinski definition) is 1. The monoisotopic (exact) mass is 296 g/mol. The third kappa shape index (κ3) is 3.83. The quantitative estimate of drug-likeness (QED) is 0.756. The topological polar surface area (TPSA) is 9.23 Å². The highest BCUT2D eigenvalue weighted by atomic mass is 29.3. The van der Waals surface area contributed by atoms with Crippen molar-refractivity contribution in [1.82, 2.24) is 0 Å². The molecule has 0 amide bonds. The van der Waals surface area contributed by atoms with Crippen LogP contribution in [-0.4, -0.2) is 23.5 Å². The maximum atomic E-state index is 6.02. The van der Waals surface area contributed by atoms with E-state index >= 15 is 0 Å². The Morgan fingerprint density at radius 1 is 0.722 bits per heavy atom. The van der Waals surface area contributed by atoms with E-state index in [1.54, 1.807) is 5.19 Å². The standard InChI is InChI=1S/C14H28OSi3/c1-16(2,3)15-13-9-11-14(12-10-13)18(7,8)17(4,5)6/h9-12H,1-8H3. The molecule has 0 fully saturated rings. The van der Waals surface area contributed by atoms with Gasteiger partial charge in [-0.15, -0.1) is 0 Å². The zero-order valence-electron chi connectivity index (χ0n) is 13.2. The second-order valence-electron chi connectivity index (χ2n) is 7.61. The minimum Gasteiger partial charge on any atom is -0.544 e. The van der Waals surface area contributed by atoms with Gasteiger partial charge in [-0.3, -0.25) is 0 Å². The van der Waals surface area contributed by atoms with E-state index in [1.165, 1.54) is 0 Å². The summed E-state index contributed by atoms with van der Waals surface area (Å²) < 4.78 is 6.02. The number of hydrogen-bond donors (Lipinski definition) is 0. The van der Waals surface area contributed by atoms with Crippen molar-refractivity contribution in [3.63, 3.8) is 0 Å². The van der Waals surface area contributed by atoms with Crippen molar-refractivity contribution in [3.8, 4) is 5.75 Å². The third-order valence-corrected chi connectivity index (χ3v) is 22.4. The molecule has 102 valence electrons. The van der Waals surface area contributed by atoms with E-state index in [9.17, 15) is 0 Å². The van der Waals surface area contributed by atoms with Gasteiger partial charge in [-0.1, -0.05) is 50.1 Å². The molecule has 0 saturated heterocycles. The molecule has 0 aliphatic heterocycles. The highest BCUT2D eigenvalue weighted by Crippen LogP contribution is 2.21. The molecule has 0 aliphatic carbocycles. The first kappa shape index (κ1) is 15.7. The van der Waals surface area contributed by atoms with Gasteiger partial charge in [-0.25, -0.2) is 0 Å². The summed E-state index contributed by atoms with van der Waals surface area (Å²) in [5.41, 5.74) is 0. The molecule has 1 aromatic carbocycles. The van der Waals surface area contributed by atoms with E-state index in [1.807, 2.05) is 0 Å². The van der Waals surface area contributed by atoms with Crippen LogP contribution in [0, 0.1) is 0 Å². The van der Waals surface area contributed by atoms with Gasteiger partial charge in [0.15, 0.2) is 0 Å².